The molecule has 0 amide bonds. The van der Waals surface area contributed by atoms with Gasteiger partial charge >= 0.3 is 12.4 Å². The first-order valence-electron chi connectivity index (χ1n) is 11.2. The quantitative estimate of drug-likeness (QED) is 0.307. The second-order valence-corrected chi connectivity index (χ2v) is 8.53. The molecule has 9 nitrogen and oxygen atoms in total. The van der Waals surface area contributed by atoms with Gasteiger partial charge in [-0.1, -0.05) is 13.0 Å². The van der Waals surface area contributed by atoms with Crippen LogP contribution in [0.1, 0.15) is 30.6 Å². The molecule has 0 radical (unpaired) electrons. The zero-order valence-electron chi connectivity index (χ0n) is 19.6. The molecule has 0 aliphatic carbocycles. The molecule has 0 aliphatic heterocycles. The molecule has 2 N–H and O–H groups in total. The van der Waals surface area contributed by atoms with Crippen molar-refractivity contribution in [1.82, 2.24) is 39.1 Å². The van der Waals surface area contributed by atoms with Gasteiger partial charge in [0.1, 0.15) is 12.2 Å². The first-order chi connectivity index (χ1) is 17.9. The summed E-state index contributed by atoms with van der Waals surface area (Å²) in [7, 11) is 0. The van der Waals surface area contributed by atoms with Crippen molar-refractivity contribution in [2.45, 2.75) is 38.3 Å². The van der Waals surface area contributed by atoms with Crippen LogP contribution in [-0.4, -0.2) is 45.3 Å². The number of anilines is 1. The predicted octanol–water partition coefficient (Wildman–Crippen LogP) is 5.01. The molecule has 0 saturated carbocycles. The molecule has 38 heavy (non-hydrogen) atoms. The summed E-state index contributed by atoms with van der Waals surface area (Å²) in [5, 5.41) is 12.3. The van der Waals surface area contributed by atoms with Gasteiger partial charge in [-0.3, -0.25) is 14.3 Å². The predicted molar refractivity (Wildman–Crippen MR) is 124 cm³/mol. The Morgan fingerprint density at radius 3 is 2.34 bits per heavy atom. The zero-order valence-corrected chi connectivity index (χ0v) is 19.6. The Labute approximate surface area is 210 Å². The Kier molecular flexibility index (Phi) is 6.07. The van der Waals surface area contributed by atoms with Crippen molar-refractivity contribution in [3.63, 3.8) is 0 Å². The Morgan fingerprint density at radius 2 is 1.68 bits per heavy atom. The molecule has 5 aromatic heterocycles. The molecule has 0 bridgehead atoms. The van der Waals surface area contributed by atoms with Crippen molar-refractivity contribution in [2.75, 3.05) is 5.73 Å². The Morgan fingerprint density at radius 1 is 0.921 bits per heavy atom. The molecule has 0 spiro atoms. The van der Waals surface area contributed by atoms with Crippen LogP contribution < -0.4 is 5.73 Å². The summed E-state index contributed by atoms with van der Waals surface area (Å²) in [6, 6.07) is 3.62. The van der Waals surface area contributed by atoms with Crippen LogP contribution in [0.15, 0.2) is 55.4 Å². The van der Waals surface area contributed by atoms with Gasteiger partial charge in [-0.25, -0.2) is 4.52 Å². The third-order valence-electron chi connectivity index (χ3n) is 5.84. The molecule has 198 valence electrons. The van der Waals surface area contributed by atoms with Gasteiger partial charge in [-0.2, -0.15) is 41.5 Å². The summed E-state index contributed by atoms with van der Waals surface area (Å²) >= 11 is 0. The second-order valence-electron chi connectivity index (χ2n) is 8.53. The number of pyridine rings is 2. The summed E-state index contributed by atoms with van der Waals surface area (Å²) < 4.78 is 81.0. The number of nitrogens with two attached hydrogens (primary N) is 1. The highest BCUT2D eigenvalue weighted by molar-refractivity contribution is 5.81. The lowest BCUT2D eigenvalue weighted by molar-refractivity contribution is -0.143. The molecular weight excluding hydrogens is 516 g/mol. The normalized spacial score (nSPS) is 13.3. The molecule has 5 rings (SSSR count). The molecule has 0 saturated heterocycles. The van der Waals surface area contributed by atoms with Crippen molar-refractivity contribution in [2.24, 2.45) is 0 Å². The fourth-order valence-corrected chi connectivity index (χ4v) is 4.15. The van der Waals surface area contributed by atoms with Crippen LogP contribution in [0, 0.1) is 0 Å². The minimum absolute atomic E-state index is 0.0253. The number of hydrogen-bond donors (Lipinski definition) is 1. The minimum atomic E-state index is -4.54. The third kappa shape index (κ3) is 5.03. The van der Waals surface area contributed by atoms with Crippen LogP contribution in [0.4, 0.5) is 32.3 Å². The highest BCUT2D eigenvalue weighted by atomic mass is 19.4. The summed E-state index contributed by atoms with van der Waals surface area (Å²) in [4.78, 5) is 7.72. The fraction of sp³-hybridized carbons (Fsp3) is 0.261. The zero-order chi connectivity index (χ0) is 27.2. The van der Waals surface area contributed by atoms with E-state index in [0.717, 1.165) is 10.7 Å². The van der Waals surface area contributed by atoms with E-state index in [0.29, 0.717) is 39.9 Å². The first-order valence-corrected chi connectivity index (χ1v) is 11.2. The molecule has 0 fully saturated rings. The van der Waals surface area contributed by atoms with Crippen molar-refractivity contribution in [3.8, 4) is 22.3 Å². The summed E-state index contributed by atoms with van der Waals surface area (Å²) in [6.07, 6.45) is 0.203. The molecule has 0 aliphatic rings. The summed E-state index contributed by atoms with van der Waals surface area (Å²) in [5.74, 6) is -0.0253. The molecule has 5 aromatic rings. The molecule has 0 unspecified atom stereocenters. The Bertz CT molecular complexity index is 1580. The smallest absolute Gasteiger partial charge is 0.366 e. The average Bonchev–Trinajstić information content (AvgIpc) is 3.57. The second kappa shape index (κ2) is 9.15. The van der Waals surface area contributed by atoms with Crippen molar-refractivity contribution in [3.05, 3.63) is 66.6 Å². The Balaban J connectivity index is 1.51. The first kappa shape index (κ1) is 25.2. The third-order valence-corrected chi connectivity index (χ3v) is 5.84. The highest BCUT2D eigenvalue weighted by Gasteiger charge is 2.32. The van der Waals surface area contributed by atoms with Crippen molar-refractivity contribution in [1.29, 1.82) is 0 Å². The fourth-order valence-electron chi connectivity index (χ4n) is 4.15. The van der Waals surface area contributed by atoms with E-state index >= 15 is 0 Å². The van der Waals surface area contributed by atoms with Gasteiger partial charge in [-0.15, -0.1) is 5.10 Å². The van der Waals surface area contributed by atoms with Gasteiger partial charge in [0.2, 0.25) is 5.95 Å². The van der Waals surface area contributed by atoms with E-state index in [1.54, 1.807) is 29.3 Å². The summed E-state index contributed by atoms with van der Waals surface area (Å²) in [6.45, 7) is 0.617. The van der Waals surface area contributed by atoms with Gasteiger partial charge in [0.05, 0.1) is 18.4 Å². The number of aromatic nitrogens is 8. The van der Waals surface area contributed by atoms with Gasteiger partial charge < -0.3 is 5.73 Å². The van der Waals surface area contributed by atoms with Gasteiger partial charge in [0.15, 0.2) is 5.65 Å². The number of rotatable bonds is 6. The van der Waals surface area contributed by atoms with E-state index in [1.165, 1.54) is 29.2 Å². The maximum absolute atomic E-state index is 12.9. The molecular formula is C23H19F6N9. The number of nitrogens with zero attached hydrogens (tertiary/aromatic N) is 8. The summed E-state index contributed by atoms with van der Waals surface area (Å²) in [5.41, 5.74) is 7.73. The molecule has 1 atom stereocenters. The van der Waals surface area contributed by atoms with Crippen LogP contribution in [0.3, 0.4) is 0 Å². The van der Waals surface area contributed by atoms with Gasteiger partial charge in [0, 0.05) is 47.0 Å². The Hall–Kier alpha value is -4.43. The van der Waals surface area contributed by atoms with E-state index < -0.39 is 24.6 Å². The molecule has 0 aromatic carbocycles. The van der Waals surface area contributed by atoms with E-state index in [9.17, 15) is 26.3 Å². The average molecular weight is 535 g/mol. The van der Waals surface area contributed by atoms with Crippen molar-refractivity contribution >= 4 is 11.6 Å². The van der Waals surface area contributed by atoms with Crippen molar-refractivity contribution < 1.29 is 26.3 Å². The molecule has 15 heteroatoms. The maximum Gasteiger partial charge on any atom is 0.433 e. The van der Waals surface area contributed by atoms with Crippen LogP contribution in [0.25, 0.3) is 27.9 Å². The van der Waals surface area contributed by atoms with Crippen LogP contribution in [0.5, 0.6) is 0 Å². The van der Waals surface area contributed by atoms with Gasteiger partial charge in [0.25, 0.3) is 0 Å². The lowest BCUT2D eigenvalue weighted by Crippen LogP contribution is -2.17. The molecule has 5 heterocycles. The van der Waals surface area contributed by atoms with Crippen LogP contribution >= 0.6 is 0 Å². The lowest BCUT2D eigenvalue weighted by atomic mass is 10.1. The van der Waals surface area contributed by atoms with E-state index in [4.69, 9.17) is 5.73 Å². The monoisotopic (exact) mass is 535 g/mol. The topological polar surface area (TPSA) is 105 Å². The van der Waals surface area contributed by atoms with Crippen LogP contribution in [0.2, 0.25) is 0 Å². The SMILES string of the molecule is CC[C@@H](c1ccc(C(F)(F)F)nc1)n1cc(-c2cc(-c3cnn(CC(F)(F)F)c3)c3nc(N)nn3c2)cn1. The number of fused-ring (bicyclic) bond motifs is 1. The number of hydrogen-bond acceptors (Lipinski definition) is 6. The van der Waals surface area contributed by atoms with Gasteiger partial charge in [-0.05, 0) is 24.1 Å². The number of halogens is 6. The largest absolute Gasteiger partial charge is 0.433 e. The van der Waals surface area contributed by atoms with Crippen LogP contribution in [-0.2, 0) is 12.7 Å². The highest BCUT2D eigenvalue weighted by Crippen LogP contribution is 2.32. The van der Waals surface area contributed by atoms with E-state index in [1.807, 2.05) is 6.92 Å². The standard InChI is InChI=1S/C23H19F6N9/c1-2-18(13-3-4-19(31-6-13)23(27,28)29)37-11-15(7-33-37)14-5-17(20-34-21(30)35-38(20)10-14)16-8-32-36(9-16)12-22(24,25)26/h3-11,18H,2,12H2,1H3,(H2,30,35)/t18-/m0/s1. The van der Waals surface area contributed by atoms with E-state index in [-0.39, 0.29) is 12.0 Å². The minimum Gasteiger partial charge on any atom is -0.366 e. The maximum atomic E-state index is 12.9. The number of alkyl halides is 6. The lowest BCUT2D eigenvalue weighted by Gasteiger charge is -2.16. The number of nitrogen functional groups attached to an aromatic ring is 1. The van der Waals surface area contributed by atoms with E-state index in [2.05, 4.69) is 25.3 Å².